The first-order chi connectivity index (χ1) is 13.1. The zero-order valence-corrected chi connectivity index (χ0v) is 16.6. The van der Waals surface area contributed by atoms with Gasteiger partial charge in [-0.1, -0.05) is 5.10 Å². The maximum absolute atomic E-state index is 12.8. The van der Waals surface area contributed by atoms with Crippen LogP contribution in [0.25, 0.3) is 0 Å². The van der Waals surface area contributed by atoms with Crippen molar-refractivity contribution in [2.45, 2.75) is 25.3 Å². The predicted octanol–water partition coefficient (Wildman–Crippen LogP) is -0.325. The lowest BCUT2D eigenvalue weighted by atomic mass is 10.3. The van der Waals surface area contributed by atoms with Gasteiger partial charge in [0.2, 0.25) is 10.0 Å². The van der Waals surface area contributed by atoms with E-state index in [0.717, 1.165) is 4.68 Å². The van der Waals surface area contributed by atoms with Crippen molar-refractivity contribution in [3.05, 3.63) is 33.8 Å². The molecule has 0 atom stereocenters. The van der Waals surface area contributed by atoms with Crippen molar-refractivity contribution in [2.75, 3.05) is 26.2 Å². The van der Waals surface area contributed by atoms with Gasteiger partial charge in [0, 0.05) is 33.2 Å². The number of hydrogen-bond donors (Lipinski definition) is 0. The molecule has 0 aliphatic carbocycles. The van der Waals surface area contributed by atoms with Gasteiger partial charge < -0.3 is 15.0 Å². The number of nitrogens with zero attached hydrogens (tertiary/aromatic N) is 7. The Hall–Kier alpha value is -2.80. The van der Waals surface area contributed by atoms with Gasteiger partial charge in [0.1, 0.15) is 4.90 Å². The van der Waals surface area contributed by atoms with Gasteiger partial charge in [-0.2, -0.15) is 9.40 Å². The number of aromatic nitrogens is 4. The number of hydrogen-bond acceptors (Lipinski definition) is 7. The third-order valence-electron chi connectivity index (χ3n) is 4.75. The minimum atomic E-state index is -3.69. The highest BCUT2D eigenvalue weighted by Gasteiger charge is 2.33. The maximum atomic E-state index is 12.8. The first-order valence-electron chi connectivity index (χ1n) is 8.56. The Kier molecular flexibility index (Phi) is 5.21. The molecule has 152 valence electrons. The molecule has 2 aromatic rings. The second-order valence-electron chi connectivity index (χ2n) is 6.56. The lowest BCUT2D eigenvalue weighted by molar-refractivity contribution is -0.392. The maximum Gasteiger partial charge on any atom is 0.345 e. The molecular weight excluding hydrogens is 390 g/mol. The number of amides is 1. The highest BCUT2D eigenvalue weighted by Crippen LogP contribution is 2.21. The standard InChI is InChI=1S/C15H21N7O5S/c1-11-8-14(22(24)25)21(17-11)10-15(23)19-4-6-20(7-5-19)28(26,27)13-9-16-18(3)12(13)2/h8-9H,4-7,10H2,1-3H3. The second kappa shape index (κ2) is 7.31. The van der Waals surface area contributed by atoms with Gasteiger partial charge in [-0.3, -0.25) is 9.48 Å². The summed E-state index contributed by atoms with van der Waals surface area (Å²) >= 11 is 0. The molecule has 3 heterocycles. The van der Waals surface area contributed by atoms with Gasteiger partial charge in [-0.25, -0.2) is 8.42 Å². The molecule has 0 N–H and O–H groups in total. The molecule has 0 bridgehead atoms. The van der Waals surface area contributed by atoms with Gasteiger partial charge in [0.25, 0.3) is 5.91 Å². The molecule has 0 aromatic carbocycles. The summed E-state index contributed by atoms with van der Waals surface area (Å²) in [6.07, 6.45) is 1.32. The summed E-state index contributed by atoms with van der Waals surface area (Å²) in [5.74, 6) is -0.597. The van der Waals surface area contributed by atoms with Crippen molar-refractivity contribution in [3.63, 3.8) is 0 Å². The fourth-order valence-corrected chi connectivity index (χ4v) is 4.68. The molecule has 2 aromatic heterocycles. The van der Waals surface area contributed by atoms with E-state index in [9.17, 15) is 23.3 Å². The topological polar surface area (TPSA) is 136 Å². The number of aryl methyl sites for hydroxylation is 2. The van der Waals surface area contributed by atoms with Crippen LogP contribution in [0.5, 0.6) is 0 Å². The fraction of sp³-hybridized carbons (Fsp3) is 0.533. The van der Waals surface area contributed by atoms with E-state index in [1.54, 1.807) is 20.9 Å². The van der Waals surface area contributed by atoms with Crippen molar-refractivity contribution < 1.29 is 18.1 Å². The Labute approximate surface area is 161 Å². The highest BCUT2D eigenvalue weighted by molar-refractivity contribution is 7.89. The number of piperazine rings is 1. The Balaban J connectivity index is 1.66. The smallest absolute Gasteiger partial charge is 0.345 e. The van der Waals surface area contributed by atoms with Gasteiger partial charge >= 0.3 is 5.82 Å². The molecule has 1 saturated heterocycles. The van der Waals surface area contributed by atoms with E-state index in [2.05, 4.69) is 10.2 Å². The van der Waals surface area contributed by atoms with E-state index in [-0.39, 0.29) is 49.3 Å². The molecule has 1 aliphatic heterocycles. The largest absolute Gasteiger partial charge is 0.358 e. The summed E-state index contributed by atoms with van der Waals surface area (Å²) < 4.78 is 29.5. The van der Waals surface area contributed by atoms with Crippen LogP contribution < -0.4 is 0 Å². The van der Waals surface area contributed by atoms with Gasteiger partial charge in [-0.05, 0) is 18.8 Å². The SMILES string of the molecule is Cc1cc([N+](=O)[O-])n(CC(=O)N2CCN(S(=O)(=O)c3cnn(C)c3C)CC2)n1. The first-order valence-corrected chi connectivity index (χ1v) is 10.0. The fourth-order valence-electron chi connectivity index (χ4n) is 3.07. The summed E-state index contributed by atoms with van der Waals surface area (Å²) in [5.41, 5.74) is 0.988. The molecule has 1 aliphatic rings. The molecule has 28 heavy (non-hydrogen) atoms. The quantitative estimate of drug-likeness (QED) is 0.485. The second-order valence-corrected chi connectivity index (χ2v) is 8.47. The van der Waals surface area contributed by atoms with Gasteiger partial charge in [-0.15, -0.1) is 4.68 Å². The van der Waals surface area contributed by atoms with Crippen LogP contribution in [0.1, 0.15) is 11.4 Å². The molecule has 3 rings (SSSR count). The highest BCUT2D eigenvalue weighted by atomic mass is 32.2. The van der Waals surface area contributed by atoms with Crippen LogP contribution in [0.15, 0.2) is 17.2 Å². The van der Waals surface area contributed by atoms with Crippen LogP contribution >= 0.6 is 0 Å². The number of carbonyl (C=O) groups excluding carboxylic acids is 1. The van der Waals surface area contributed by atoms with E-state index >= 15 is 0 Å². The van der Waals surface area contributed by atoms with Crippen LogP contribution in [-0.4, -0.2) is 74.2 Å². The van der Waals surface area contributed by atoms with E-state index in [4.69, 9.17) is 0 Å². The lowest BCUT2D eigenvalue weighted by Gasteiger charge is -2.33. The van der Waals surface area contributed by atoms with Crippen LogP contribution in [0.3, 0.4) is 0 Å². The number of carbonyl (C=O) groups is 1. The van der Waals surface area contributed by atoms with Crippen molar-refractivity contribution in [1.29, 1.82) is 0 Å². The summed E-state index contributed by atoms with van der Waals surface area (Å²) in [7, 11) is -2.02. The van der Waals surface area contributed by atoms with E-state index in [1.807, 2.05) is 0 Å². The molecular formula is C15H21N7O5S. The van der Waals surface area contributed by atoms with Crippen molar-refractivity contribution in [2.24, 2.45) is 7.05 Å². The molecule has 12 nitrogen and oxygen atoms in total. The molecule has 0 radical (unpaired) electrons. The average Bonchev–Trinajstić information content (AvgIpc) is 3.18. The number of sulfonamides is 1. The molecule has 0 unspecified atom stereocenters. The Morgan fingerprint density at radius 2 is 1.89 bits per heavy atom. The summed E-state index contributed by atoms with van der Waals surface area (Å²) in [5, 5.41) is 19.0. The van der Waals surface area contributed by atoms with Crippen molar-refractivity contribution in [1.82, 2.24) is 28.8 Å². The van der Waals surface area contributed by atoms with Gasteiger partial charge in [0.05, 0.1) is 23.7 Å². The number of rotatable bonds is 5. The predicted molar refractivity (Wildman–Crippen MR) is 96.9 cm³/mol. The number of nitro groups is 1. The zero-order chi connectivity index (χ0) is 20.6. The summed E-state index contributed by atoms with van der Waals surface area (Å²) in [6.45, 7) is 3.71. The summed E-state index contributed by atoms with van der Waals surface area (Å²) in [6, 6.07) is 1.30. The lowest BCUT2D eigenvalue weighted by Crippen LogP contribution is -2.51. The minimum absolute atomic E-state index is 0.142. The van der Waals surface area contributed by atoms with Crippen LogP contribution in [-0.2, 0) is 28.4 Å². The van der Waals surface area contributed by atoms with Crippen LogP contribution in [0.2, 0.25) is 0 Å². The third kappa shape index (κ3) is 3.62. The van der Waals surface area contributed by atoms with Crippen LogP contribution in [0.4, 0.5) is 5.82 Å². The molecule has 1 amide bonds. The monoisotopic (exact) mass is 411 g/mol. The summed E-state index contributed by atoms with van der Waals surface area (Å²) in [4.78, 5) is 24.6. The van der Waals surface area contributed by atoms with Crippen molar-refractivity contribution >= 4 is 21.7 Å². The zero-order valence-electron chi connectivity index (χ0n) is 15.8. The molecule has 13 heteroatoms. The molecule has 0 saturated carbocycles. The molecule has 1 fully saturated rings. The van der Waals surface area contributed by atoms with Crippen molar-refractivity contribution in [3.8, 4) is 0 Å². The Bertz CT molecular complexity index is 1020. The van der Waals surface area contributed by atoms with E-state index in [1.165, 1.54) is 26.2 Å². The minimum Gasteiger partial charge on any atom is -0.358 e. The van der Waals surface area contributed by atoms with E-state index < -0.39 is 14.9 Å². The van der Waals surface area contributed by atoms with Crippen LogP contribution in [0, 0.1) is 24.0 Å². The Morgan fingerprint density at radius 1 is 1.25 bits per heavy atom. The first kappa shape index (κ1) is 19.9. The third-order valence-corrected chi connectivity index (χ3v) is 6.75. The normalized spacial score (nSPS) is 15.8. The Morgan fingerprint density at radius 3 is 2.43 bits per heavy atom. The van der Waals surface area contributed by atoms with Gasteiger partial charge in [0.15, 0.2) is 6.54 Å². The van der Waals surface area contributed by atoms with E-state index in [0.29, 0.717) is 11.4 Å². The average molecular weight is 411 g/mol. The molecule has 0 spiro atoms.